The zero-order valence-electron chi connectivity index (χ0n) is 84.0. The van der Waals surface area contributed by atoms with Gasteiger partial charge in [0.15, 0.2) is 5.69 Å². The van der Waals surface area contributed by atoms with Crippen LogP contribution >= 0.6 is 0 Å². The second-order valence-corrected chi connectivity index (χ2v) is 41.7. The van der Waals surface area contributed by atoms with E-state index in [4.69, 9.17) is 0 Å². The van der Waals surface area contributed by atoms with E-state index < -0.39 is 0 Å². The molecule has 0 N–H and O–H groups in total. The number of benzene rings is 11. The van der Waals surface area contributed by atoms with Gasteiger partial charge in [-0.15, -0.1) is 0 Å². The maximum atomic E-state index is 2.69. The van der Waals surface area contributed by atoms with E-state index in [9.17, 15) is 0 Å². The fraction of sp³-hybridized carbons (Fsp3) is 0.303. The third-order valence-corrected chi connectivity index (χ3v) is 32.6. The fourth-order valence-corrected chi connectivity index (χ4v) is 26.5. The van der Waals surface area contributed by atoms with Gasteiger partial charge in [0.25, 0.3) is 28.9 Å². The summed E-state index contributed by atoms with van der Waals surface area (Å²) in [7, 11) is 15.3. The van der Waals surface area contributed by atoms with Gasteiger partial charge >= 0.3 is 14.0 Å². The highest BCUT2D eigenvalue weighted by Crippen LogP contribution is 2.66. The van der Waals surface area contributed by atoms with E-state index in [2.05, 4.69) is 484 Å². The summed E-state index contributed by atoms with van der Waals surface area (Å²) in [5.74, 6) is 6.00. The Balaban J connectivity index is 0.000000105. The molecule has 14 heteroatoms. The number of imidazole rings is 3. The van der Waals surface area contributed by atoms with Crippen LogP contribution in [0, 0.1) is 76.2 Å². The van der Waals surface area contributed by atoms with Gasteiger partial charge in [-0.3, -0.25) is 8.96 Å². The van der Waals surface area contributed by atoms with Crippen molar-refractivity contribution < 1.29 is 22.7 Å². The molecule has 4 aliphatic heterocycles. The molecule has 0 saturated heterocycles. The maximum Gasteiger partial charge on any atom is 0.537 e. The van der Waals surface area contributed by atoms with E-state index in [0.717, 1.165) is 0 Å². The Bertz CT molecular complexity index is 8050. The zero-order valence-corrected chi connectivity index (χ0v) is 84.0. The largest absolute Gasteiger partial charge is 0.537 e. The van der Waals surface area contributed by atoms with Crippen molar-refractivity contribution >= 4 is 107 Å². The van der Waals surface area contributed by atoms with Crippen LogP contribution in [0.5, 0.6) is 0 Å². The number of aryl methyl sites for hydroxylation is 16. The lowest BCUT2D eigenvalue weighted by Gasteiger charge is -2.50. The molecule has 2 saturated carbocycles. The van der Waals surface area contributed by atoms with Crippen LogP contribution in [0.1, 0.15) is 200 Å². The average Bonchev–Trinajstić information content (AvgIpc) is 1.55. The Kier molecular flexibility index (Phi) is 22.5. The number of para-hydroxylation sites is 5. The molecule has 0 amide bonds. The Hall–Kier alpha value is -13.3. The summed E-state index contributed by atoms with van der Waals surface area (Å²) in [5.41, 5.74) is 43.2. The Morgan fingerprint density at radius 1 is 0.368 bits per heavy atom. The van der Waals surface area contributed by atoms with Gasteiger partial charge in [-0.25, -0.2) is 22.8 Å². The number of anilines is 2. The van der Waals surface area contributed by atoms with Crippen LogP contribution in [0.15, 0.2) is 262 Å². The molecular formula is C122H135B2N12+5. The Labute approximate surface area is 806 Å². The van der Waals surface area contributed by atoms with E-state index >= 15 is 0 Å². The molecule has 0 bridgehead atoms. The van der Waals surface area contributed by atoms with Crippen molar-refractivity contribution in [1.29, 1.82) is 0 Å². The first-order valence-electron chi connectivity index (χ1n) is 49.3. The lowest BCUT2D eigenvalue weighted by molar-refractivity contribution is -0.666. The third kappa shape index (κ3) is 13.4. The highest BCUT2D eigenvalue weighted by atomic mass is 15.2. The van der Waals surface area contributed by atoms with Gasteiger partial charge in [0.05, 0.1) is 69.7 Å². The minimum Gasteiger partial charge on any atom is -0.372 e. The zero-order chi connectivity index (χ0) is 94.3. The SMILES string of the molecule is C.Cc1cc(-n2c3ccccc3c3cccc(C)c32)[n+](C)cc1-c1c(C)cccc1C.Cc1cc[n+](C)c2c1C(C)(C)c1cccc3c4cccc(C)c4n-2c13.Cc1cccc(C)c1B1N(C)c2cccc(C)c2-c2n(C)cc[n+]21.Cc1cccc2c1-c1n(C)cc[n+]1B(c1c(C(C)C)cccc1C(C)C)N2C.Cc1cccc2c3cccc4c3n3c(c[n+](C)c3c12)C12CCCCC41CCC2. The molecule has 25 rings (SSSR count). The van der Waals surface area contributed by atoms with E-state index in [1.807, 2.05) is 0 Å². The molecule has 12 nitrogen and oxygen atoms in total. The first-order chi connectivity index (χ1) is 64.9. The summed E-state index contributed by atoms with van der Waals surface area (Å²) in [5, 5.41) is 9.61. The van der Waals surface area contributed by atoms with Crippen LogP contribution in [0.25, 0.3) is 116 Å². The maximum absolute atomic E-state index is 2.69. The summed E-state index contributed by atoms with van der Waals surface area (Å²) < 4.78 is 24.0. The smallest absolute Gasteiger partial charge is 0.372 e. The molecule has 2 atom stereocenters. The normalized spacial score (nSPS) is 16.2. The Morgan fingerprint density at radius 3 is 1.40 bits per heavy atom. The fourth-order valence-electron chi connectivity index (χ4n) is 26.5. The summed E-state index contributed by atoms with van der Waals surface area (Å²) >= 11 is 0. The second kappa shape index (κ2) is 33.9. The van der Waals surface area contributed by atoms with Crippen molar-refractivity contribution in [3.05, 3.63) is 356 Å². The van der Waals surface area contributed by atoms with E-state index in [-0.39, 0.29) is 26.8 Å². The first-order valence-corrected chi connectivity index (χ1v) is 49.3. The molecule has 2 fully saturated rings. The molecule has 12 heterocycles. The summed E-state index contributed by atoms with van der Waals surface area (Å²) in [6.07, 6.45) is 25.4. The van der Waals surface area contributed by atoms with Crippen molar-refractivity contribution in [1.82, 2.24) is 22.7 Å². The van der Waals surface area contributed by atoms with Crippen LogP contribution in [-0.4, -0.2) is 50.7 Å². The minimum absolute atomic E-state index is 0. The van der Waals surface area contributed by atoms with Gasteiger partial charge in [-0.2, -0.15) is 13.5 Å². The molecule has 136 heavy (non-hydrogen) atoms. The highest BCUT2D eigenvalue weighted by Gasteiger charge is 2.64. The lowest BCUT2D eigenvalue weighted by Crippen LogP contribution is -2.71. The molecule has 8 aromatic heterocycles. The van der Waals surface area contributed by atoms with E-state index in [1.54, 1.807) is 11.3 Å². The molecule has 2 aliphatic carbocycles. The molecule has 684 valence electrons. The van der Waals surface area contributed by atoms with Crippen molar-refractivity contribution in [3.63, 3.8) is 0 Å². The standard InChI is InChI=1S/C28H27N2.C26H27N2.C24H31BN3.C23H23N2.C20H23BN3.CH4/c1-18-10-8-11-19(2)27(18)24-17-29(5)26(16-21(24)4)30-25-15-7-6-13-22(25)23-14-9-12-20(3)28(23)30;1-17-8-5-9-18-19-10-6-11-20-23(19)28-21(16-27(2)24(28)22(17)18)26-13-4-3-12-25(20,26)14-7-15-26;1-16(2)19-11-9-12-20(17(3)4)23(19)25-27(7)21-13-8-10-18(5)22(21)24-26(6)14-15-28(24)25;1-14-12-13-24(5)22-19(14)23(3,4)18-11-7-10-17-16-9-6-8-15(2)20(16)25(22)21(17)18;1-14-8-7-11-17-18(14)20-22(4)12-13-24(20)21(23(17)5)19-15(2)9-6-10-16(19)3;/h6-17H,1-5H3;5-6,8-11,16H,3-4,7,12-15H2,1-2H3;8-17H,1-7H3;6-13H,1-5H3;6-13H,1-5H3;1H4/q5*+1;. The van der Waals surface area contributed by atoms with Gasteiger partial charge in [0.2, 0.25) is 0 Å². The molecule has 6 aliphatic rings. The third-order valence-electron chi connectivity index (χ3n) is 32.6. The quantitative estimate of drug-likeness (QED) is 0.0946. The van der Waals surface area contributed by atoms with Gasteiger partial charge in [0.1, 0.15) is 58.6 Å². The molecular weight excluding hydrogens is 1660 g/mol. The van der Waals surface area contributed by atoms with Gasteiger partial charge in [0, 0.05) is 93.6 Å². The first kappa shape index (κ1) is 90.5. The van der Waals surface area contributed by atoms with Crippen molar-refractivity contribution in [2.75, 3.05) is 23.7 Å². The molecule has 0 spiro atoms. The van der Waals surface area contributed by atoms with Gasteiger partial charge in [-0.1, -0.05) is 232 Å². The molecule has 19 aromatic rings. The van der Waals surface area contributed by atoms with Gasteiger partial charge < -0.3 is 9.62 Å². The molecule has 11 aromatic carbocycles. The van der Waals surface area contributed by atoms with Crippen molar-refractivity contribution in [2.24, 2.45) is 35.2 Å². The number of hydrogen-bond acceptors (Lipinski definition) is 2. The molecule has 2 unspecified atom stereocenters. The van der Waals surface area contributed by atoms with Crippen molar-refractivity contribution in [2.45, 2.75) is 198 Å². The van der Waals surface area contributed by atoms with Crippen molar-refractivity contribution in [3.8, 4) is 45.5 Å². The van der Waals surface area contributed by atoms with Crippen LogP contribution in [-0.2, 0) is 51.5 Å². The second-order valence-electron chi connectivity index (χ2n) is 41.7. The topological polar surface area (TPSA) is 50.0 Å². The number of nitrogens with zero attached hydrogens (tertiary/aromatic N) is 12. The monoisotopic (exact) mass is 1790 g/mol. The van der Waals surface area contributed by atoms with E-state index in [0.29, 0.717) is 22.7 Å². The van der Waals surface area contributed by atoms with Crippen LogP contribution < -0.4 is 43.2 Å². The van der Waals surface area contributed by atoms with E-state index in [1.165, 1.54) is 267 Å². The predicted molar refractivity (Wildman–Crippen MR) is 571 cm³/mol. The number of aromatic nitrogens is 10. The molecule has 0 radical (unpaired) electrons. The lowest BCUT2D eigenvalue weighted by atomic mass is 9.52. The summed E-state index contributed by atoms with van der Waals surface area (Å²) in [6.45, 7) is 38.7. The van der Waals surface area contributed by atoms with Gasteiger partial charge in [-0.05, 0) is 254 Å². The van der Waals surface area contributed by atoms with Crippen LogP contribution in [0.3, 0.4) is 0 Å². The summed E-state index contributed by atoms with van der Waals surface area (Å²) in [4.78, 5) is 4.87. The number of hydrogen-bond donors (Lipinski definition) is 0. The van der Waals surface area contributed by atoms with Crippen LogP contribution in [0.4, 0.5) is 11.4 Å². The minimum atomic E-state index is -0.0176. The number of rotatable bonds is 6. The number of pyridine rings is 3. The highest BCUT2D eigenvalue weighted by molar-refractivity contribution is 6.71. The number of fused-ring (bicyclic) bond motifs is 17. The predicted octanol–water partition coefficient (Wildman–Crippen LogP) is 24.5. The summed E-state index contributed by atoms with van der Waals surface area (Å²) in [6, 6.07) is 80.6. The Morgan fingerprint density at radius 2 is 0.816 bits per heavy atom. The van der Waals surface area contributed by atoms with Crippen LogP contribution in [0.2, 0.25) is 0 Å². The average molecular weight is 1790 g/mol.